The summed E-state index contributed by atoms with van der Waals surface area (Å²) in [6.45, 7) is 2.21. The molecule has 1 aromatic carbocycles. The Labute approximate surface area is 112 Å². The highest BCUT2D eigenvalue weighted by Gasteiger charge is 2.16. The molecule has 1 unspecified atom stereocenters. The van der Waals surface area contributed by atoms with Crippen molar-refractivity contribution in [2.45, 2.75) is 13.0 Å². The molecule has 1 amide bonds. The van der Waals surface area contributed by atoms with E-state index in [2.05, 4.69) is 5.32 Å². The van der Waals surface area contributed by atoms with Crippen LogP contribution in [0.1, 0.15) is 17.3 Å². The summed E-state index contributed by atoms with van der Waals surface area (Å²) in [6.07, 6.45) is 0. The van der Waals surface area contributed by atoms with Crippen molar-refractivity contribution in [1.82, 2.24) is 5.32 Å². The van der Waals surface area contributed by atoms with E-state index in [0.29, 0.717) is 29.4 Å². The van der Waals surface area contributed by atoms with Crippen molar-refractivity contribution >= 4 is 5.91 Å². The van der Waals surface area contributed by atoms with Crippen molar-refractivity contribution in [3.05, 3.63) is 17.7 Å². The molecule has 0 aliphatic carbocycles. The molecule has 0 aliphatic rings. The van der Waals surface area contributed by atoms with Gasteiger partial charge in [-0.05, 0) is 19.1 Å². The summed E-state index contributed by atoms with van der Waals surface area (Å²) >= 11 is 0. The van der Waals surface area contributed by atoms with Crippen LogP contribution in [0.25, 0.3) is 0 Å². The van der Waals surface area contributed by atoms with Gasteiger partial charge in [0.1, 0.15) is 0 Å². The number of nitrogens with one attached hydrogen (secondary N) is 1. The molecule has 0 radical (unpaired) electrons. The van der Waals surface area contributed by atoms with Gasteiger partial charge in [0.15, 0.2) is 11.5 Å². The highest BCUT2D eigenvalue weighted by molar-refractivity contribution is 5.95. The Bertz CT molecular complexity index is 421. The molecule has 0 saturated heterocycles. The number of rotatable bonds is 6. The number of hydrogen-bond acceptors (Lipinski definition) is 5. The second-order valence-electron chi connectivity index (χ2n) is 4.10. The lowest BCUT2D eigenvalue weighted by atomic mass is 10.1. The van der Waals surface area contributed by atoms with E-state index in [1.807, 2.05) is 6.92 Å². The van der Waals surface area contributed by atoms with Crippen molar-refractivity contribution < 1.29 is 19.0 Å². The first kappa shape index (κ1) is 15.1. The van der Waals surface area contributed by atoms with E-state index in [0.717, 1.165) is 0 Å². The van der Waals surface area contributed by atoms with E-state index in [1.54, 1.807) is 12.1 Å². The third kappa shape index (κ3) is 3.75. The quantitative estimate of drug-likeness (QED) is 0.797. The lowest BCUT2D eigenvalue weighted by molar-refractivity contribution is 0.0951. The van der Waals surface area contributed by atoms with Crippen LogP contribution in [0.3, 0.4) is 0 Å². The number of carbonyl (C=O) groups is 1. The van der Waals surface area contributed by atoms with Crippen LogP contribution in [0.15, 0.2) is 12.1 Å². The van der Waals surface area contributed by atoms with E-state index in [1.165, 1.54) is 21.3 Å². The van der Waals surface area contributed by atoms with E-state index >= 15 is 0 Å². The standard InChI is InChI=1S/C13H20N2O4/c1-8(14)7-15-13(16)9-5-10(17-2)12(19-4)11(6-9)18-3/h5-6,8H,7,14H2,1-4H3,(H,15,16). The average Bonchev–Trinajstić information content (AvgIpc) is 2.42. The molecule has 0 aliphatic heterocycles. The van der Waals surface area contributed by atoms with Crippen LogP contribution in [-0.2, 0) is 0 Å². The van der Waals surface area contributed by atoms with Crippen LogP contribution in [0.2, 0.25) is 0 Å². The minimum atomic E-state index is -0.239. The number of methoxy groups -OCH3 is 3. The van der Waals surface area contributed by atoms with Crippen molar-refractivity contribution in [2.24, 2.45) is 5.73 Å². The minimum Gasteiger partial charge on any atom is -0.493 e. The zero-order valence-electron chi connectivity index (χ0n) is 11.6. The van der Waals surface area contributed by atoms with Gasteiger partial charge in [0, 0.05) is 18.2 Å². The summed E-state index contributed by atoms with van der Waals surface area (Å²) in [7, 11) is 4.51. The number of hydrogen-bond donors (Lipinski definition) is 2. The first-order valence-electron chi connectivity index (χ1n) is 5.87. The molecule has 19 heavy (non-hydrogen) atoms. The molecule has 0 heterocycles. The second-order valence-corrected chi connectivity index (χ2v) is 4.10. The molecular weight excluding hydrogens is 248 g/mol. The van der Waals surface area contributed by atoms with Gasteiger partial charge in [-0.1, -0.05) is 0 Å². The summed E-state index contributed by atoms with van der Waals surface area (Å²) in [5, 5.41) is 2.72. The number of carbonyl (C=O) groups excluding carboxylic acids is 1. The fourth-order valence-electron chi connectivity index (χ4n) is 1.57. The fraction of sp³-hybridized carbons (Fsp3) is 0.462. The lowest BCUT2D eigenvalue weighted by Gasteiger charge is -2.14. The number of ether oxygens (including phenoxy) is 3. The lowest BCUT2D eigenvalue weighted by Crippen LogP contribution is -2.35. The monoisotopic (exact) mass is 268 g/mol. The van der Waals surface area contributed by atoms with E-state index < -0.39 is 0 Å². The Morgan fingerprint density at radius 2 is 1.74 bits per heavy atom. The van der Waals surface area contributed by atoms with Gasteiger partial charge in [-0.25, -0.2) is 0 Å². The Morgan fingerprint density at radius 3 is 2.11 bits per heavy atom. The SMILES string of the molecule is COc1cc(C(=O)NCC(C)N)cc(OC)c1OC. The molecule has 3 N–H and O–H groups in total. The molecule has 1 aromatic rings. The zero-order chi connectivity index (χ0) is 14.4. The first-order valence-corrected chi connectivity index (χ1v) is 5.87. The van der Waals surface area contributed by atoms with Crippen LogP contribution < -0.4 is 25.3 Å². The molecular formula is C13H20N2O4. The predicted molar refractivity (Wildman–Crippen MR) is 72.1 cm³/mol. The molecule has 106 valence electrons. The van der Waals surface area contributed by atoms with Gasteiger partial charge in [-0.2, -0.15) is 0 Å². The van der Waals surface area contributed by atoms with Gasteiger partial charge in [0.05, 0.1) is 21.3 Å². The third-order valence-electron chi connectivity index (χ3n) is 2.51. The van der Waals surface area contributed by atoms with Crippen LogP contribution in [0.5, 0.6) is 17.2 Å². The second kappa shape index (κ2) is 6.84. The van der Waals surface area contributed by atoms with E-state index in [4.69, 9.17) is 19.9 Å². The van der Waals surface area contributed by atoms with Crippen LogP contribution in [-0.4, -0.2) is 39.8 Å². The summed E-state index contributed by atoms with van der Waals surface area (Å²) in [6, 6.07) is 3.08. The van der Waals surface area contributed by atoms with Crippen molar-refractivity contribution in [3.63, 3.8) is 0 Å². The molecule has 0 aromatic heterocycles. The molecule has 0 bridgehead atoms. The fourth-order valence-corrected chi connectivity index (χ4v) is 1.57. The Kier molecular flexibility index (Phi) is 5.44. The molecule has 0 saturated carbocycles. The van der Waals surface area contributed by atoms with Gasteiger partial charge in [0.25, 0.3) is 5.91 Å². The molecule has 1 atom stereocenters. The van der Waals surface area contributed by atoms with Crippen LogP contribution >= 0.6 is 0 Å². The summed E-state index contributed by atoms with van der Waals surface area (Å²) in [5.74, 6) is 1.09. The van der Waals surface area contributed by atoms with Gasteiger partial charge < -0.3 is 25.3 Å². The van der Waals surface area contributed by atoms with Crippen molar-refractivity contribution in [2.75, 3.05) is 27.9 Å². The third-order valence-corrected chi connectivity index (χ3v) is 2.51. The predicted octanol–water partition coefficient (Wildman–Crippen LogP) is 0.789. The maximum atomic E-state index is 12.0. The smallest absolute Gasteiger partial charge is 0.251 e. The van der Waals surface area contributed by atoms with E-state index in [-0.39, 0.29) is 11.9 Å². The average molecular weight is 268 g/mol. The molecule has 6 heteroatoms. The molecule has 0 spiro atoms. The maximum absolute atomic E-state index is 12.0. The Morgan fingerprint density at radius 1 is 1.21 bits per heavy atom. The maximum Gasteiger partial charge on any atom is 0.251 e. The van der Waals surface area contributed by atoms with Gasteiger partial charge in [-0.15, -0.1) is 0 Å². The summed E-state index contributed by atoms with van der Waals surface area (Å²) in [4.78, 5) is 12.0. The van der Waals surface area contributed by atoms with Gasteiger partial charge >= 0.3 is 0 Å². The van der Waals surface area contributed by atoms with E-state index in [9.17, 15) is 4.79 Å². The zero-order valence-corrected chi connectivity index (χ0v) is 11.6. The van der Waals surface area contributed by atoms with Crippen molar-refractivity contribution in [1.29, 1.82) is 0 Å². The number of nitrogens with two attached hydrogens (primary N) is 1. The molecule has 0 fully saturated rings. The van der Waals surface area contributed by atoms with Gasteiger partial charge in [-0.3, -0.25) is 4.79 Å². The van der Waals surface area contributed by atoms with Crippen LogP contribution in [0.4, 0.5) is 0 Å². The van der Waals surface area contributed by atoms with Crippen LogP contribution in [0, 0.1) is 0 Å². The topological polar surface area (TPSA) is 82.8 Å². The summed E-state index contributed by atoms with van der Waals surface area (Å²) in [5.41, 5.74) is 6.02. The van der Waals surface area contributed by atoms with Gasteiger partial charge in [0.2, 0.25) is 5.75 Å². The molecule has 6 nitrogen and oxygen atoms in total. The summed E-state index contributed by atoms with van der Waals surface area (Å²) < 4.78 is 15.6. The highest BCUT2D eigenvalue weighted by Crippen LogP contribution is 2.38. The Hall–Kier alpha value is -1.95. The normalized spacial score (nSPS) is 11.6. The highest BCUT2D eigenvalue weighted by atomic mass is 16.5. The first-order chi connectivity index (χ1) is 9.03. The minimum absolute atomic E-state index is 0.106. The van der Waals surface area contributed by atoms with Crippen molar-refractivity contribution in [3.8, 4) is 17.2 Å². The number of amides is 1. The molecule has 1 rings (SSSR count). The Balaban J connectivity index is 3.05. The number of benzene rings is 1. The largest absolute Gasteiger partial charge is 0.493 e.